The van der Waals surface area contributed by atoms with Crippen LogP contribution in [0.15, 0.2) is 61.2 Å². The summed E-state index contributed by atoms with van der Waals surface area (Å²) in [5.74, 6) is -1.26. The zero-order chi connectivity index (χ0) is 18.9. The fourth-order valence-electron chi connectivity index (χ4n) is 1.75. The summed E-state index contributed by atoms with van der Waals surface area (Å²) in [4.78, 5) is 20.9. The lowest BCUT2D eigenvalue weighted by atomic mass is 10.1. The second-order valence-electron chi connectivity index (χ2n) is 5.36. The molecule has 4 heteroatoms. The Labute approximate surface area is 150 Å². The van der Waals surface area contributed by atoms with Crippen LogP contribution in [0.4, 0.5) is 0 Å². The number of carbonyl (C=O) groups excluding carboxylic acids is 1. The fourth-order valence-corrected chi connectivity index (χ4v) is 1.75. The van der Waals surface area contributed by atoms with E-state index in [1.165, 1.54) is 18.9 Å². The normalized spacial score (nSPS) is 9.80. The van der Waals surface area contributed by atoms with E-state index in [9.17, 15) is 9.59 Å². The highest BCUT2D eigenvalue weighted by molar-refractivity contribution is 5.86. The molecule has 0 aliphatic heterocycles. The first-order valence-corrected chi connectivity index (χ1v) is 8.43. The third-order valence-corrected chi connectivity index (χ3v) is 3.19. The van der Waals surface area contributed by atoms with E-state index in [0.29, 0.717) is 13.0 Å². The summed E-state index contributed by atoms with van der Waals surface area (Å²) < 4.78 is 4.78. The summed E-state index contributed by atoms with van der Waals surface area (Å²) in [6.45, 7) is 9.42. The van der Waals surface area contributed by atoms with Gasteiger partial charge in [0.05, 0.1) is 6.61 Å². The van der Waals surface area contributed by atoms with Gasteiger partial charge in [0.25, 0.3) is 0 Å². The van der Waals surface area contributed by atoms with Crippen LogP contribution in [0.25, 0.3) is 6.08 Å². The van der Waals surface area contributed by atoms with E-state index in [0.717, 1.165) is 18.4 Å². The van der Waals surface area contributed by atoms with Gasteiger partial charge in [-0.15, -0.1) is 0 Å². The zero-order valence-corrected chi connectivity index (χ0v) is 14.9. The number of benzene rings is 1. The number of carboxylic acids is 1. The average molecular weight is 344 g/mol. The maximum Gasteiger partial charge on any atom is 0.331 e. The lowest BCUT2D eigenvalue weighted by Gasteiger charge is -1.99. The lowest BCUT2D eigenvalue weighted by molar-refractivity contribution is -0.138. The van der Waals surface area contributed by atoms with Gasteiger partial charge in [-0.2, -0.15) is 0 Å². The van der Waals surface area contributed by atoms with Crippen molar-refractivity contribution in [2.24, 2.45) is 0 Å². The number of rotatable bonds is 10. The number of carboxylic acid groups (broad SMARTS) is 1. The summed E-state index contributed by atoms with van der Waals surface area (Å²) in [6, 6.07) is 9.73. The van der Waals surface area contributed by atoms with Crippen LogP contribution in [0.5, 0.6) is 0 Å². The van der Waals surface area contributed by atoms with E-state index in [1.807, 2.05) is 36.4 Å². The third-order valence-electron chi connectivity index (χ3n) is 3.19. The molecule has 0 heterocycles. The number of hydrogen-bond donors (Lipinski definition) is 1. The first-order valence-electron chi connectivity index (χ1n) is 8.43. The molecule has 0 aliphatic carbocycles. The molecule has 0 aromatic heterocycles. The van der Waals surface area contributed by atoms with Crippen molar-refractivity contribution in [1.29, 1.82) is 0 Å². The van der Waals surface area contributed by atoms with Gasteiger partial charge in [0, 0.05) is 11.6 Å². The van der Waals surface area contributed by atoms with Crippen molar-refractivity contribution in [1.82, 2.24) is 0 Å². The van der Waals surface area contributed by atoms with Gasteiger partial charge < -0.3 is 9.84 Å². The van der Waals surface area contributed by atoms with Crippen molar-refractivity contribution in [3.05, 3.63) is 66.8 Å². The van der Waals surface area contributed by atoms with Crippen molar-refractivity contribution in [3.63, 3.8) is 0 Å². The van der Waals surface area contributed by atoms with E-state index in [-0.39, 0.29) is 11.5 Å². The molecule has 136 valence electrons. The van der Waals surface area contributed by atoms with Crippen LogP contribution in [0, 0.1) is 0 Å². The molecule has 1 rings (SSSR count). The van der Waals surface area contributed by atoms with Crippen molar-refractivity contribution in [2.75, 3.05) is 6.61 Å². The van der Waals surface area contributed by atoms with Gasteiger partial charge in [-0.1, -0.05) is 81.8 Å². The molecule has 0 bridgehead atoms. The molecule has 0 unspecified atom stereocenters. The summed E-state index contributed by atoms with van der Waals surface area (Å²) in [7, 11) is 0. The highest BCUT2D eigenvalue weighted by atomic mass is 16.5. The third kappa shape index (κ3) is 13.5. The topological polar surface area (TPSA) is 63.6 Å². The van der Waals surface area contributed by atoms with Crippen LogP contribution in [0.3, 0.4) is 0 Å². The van der Waals surface area contributed by atoms with Gasteiger partial charge >= 0.3 is 11.9 Å². The molecule has 25 heavy (non-hydrogen) atoms. The molecule has 0 radical (unpaired) electrons. The van der Waals surface area contributed by atoms with Gasteiger partial charge in [0.1, 0.15) is 0 Å². The Bertz CT molecular complexity index is 559. The van der Waals surface area contributed by atoms with Gasteiger partial charge in [-0.05, 0) is 18.4 Å². The lowest BCUT2D eigenvalue weighted by Crippen LogP contribution is -2.01. The van der Waals surface area contributed by atoms with Gasteiger partial charge in [0.15, 0.2) is 0 Å². The number of ether oxygens (including phenoxy) is 1. The molecule has 0 saturated heterocycles. The van der Waals surface area contributed by atoms with Gasteiger partial charge in [0.2, 0.25) is 0 Å². The highest BCUT2D eigenvalue weighted by Gasteiger charge is 1.99. The number of carbonyl (C=O) groups is 2. The standard InChI is InChI=1S/C12H12O2.C9H16O2/c1-10(12(13)14)6-5-9-11-7-3-2-4-8-11;1-3-5-6-7-8-11-9(10)4-2/h2-5,7-9H,1,6H2,(H,13,14);4H,2-3,5-8H2,1H3. The first-order chi connectivity index (χ1) is 12.0. The van der Waals surface area contributed by atoms with Gasteiger partial charge in [-0.3, -0.25) is 0 Å². The first kappa shape index (κ1) is 22.4. The molecule has 0 amide bonds. The molecule has 0 atom stereocenters. The van der Waals surface area contributed by atoms with E-state index < -0.39 is 5.97 Å². The largest absolute Gasteiger partial charge is 0.478 e. The molecule has 1 aromatic rings. The Balaban J connectivity index is 0.000000477. The predicted molar refractivity (Wildman–Crippen MR) is 102 cm³/mol. The molecule has 0 fully saturated rings. The van der Waals surface area contributed by atoms with E-state index in [1.54, 1.807) is 6.08 Å². The Morgan fingerprint density at radius 3 is 2.40 bits per heavy atom. The maximum atomic E-state index is 10.5. The monoisotopic (exact) mass is 344 g/mol. The zero-order valence-electron chi connectivity index (χ0n) is 14.9. The fraction of sp³-hybridized carbons (Fsp3) is 0.333. The van der Waals surface area contributed by atoms with E-state index in [4.69, 9.17) is 9.84 Å². The summed E-state index contributed by atoms with van der Waals surface area (Å²) in [6.07, 6.45) is 9.78. The van der Waals surface area contributed by atoms with Crippen LogP contribution < -0.4 is 0 Å². The Morgan fingerprint density at radius 1 is 1.16 bits per heavy atom. The van der Waals surface area contributed by atoms with Crippen molar-refractivity contribution in [3.8, 4) is 0 Å². The van der Waals surface area contributed by atoms with E-state index >= 15 is 0 Å². The van der Waals surface area contributed by atoms with Gasteiger partial charge in [-0.25, -0.2) is 9.59 Å². The number of hydrogen-bond acceptors (Lipinski definition) is 3. The summed E-state index contributed by atoms with van der Waals surface area (Å²) in [5.41, 5.74) is 1.27. The Hall–Kier alpha value is -2.62. The Morgan fingerprint density at radius 2 is 1.84 bits per heavy atom. The molecule has 0 aliphatic rings. The molecular weight excluding hydrogens is 316 g/mol. The second-order valence-corrected chi connectivity index (χ2v) is 5.36. The van der Waals surface area contributed by atoms with Crippen LogP contribution in [0.2, 0.25) is 0 Å². The van der Waals surface area contributed by atoms with Crippen LogP contribution >= 0.6 is 0 Å². The molecule has 0 saturated carbocycles. The Kier molecular flexibility index (Phi) is 13.4. The van der Waals surface area contributed by atoms with Crippen LogP contribution in [0.1, 0.15) is 44.6 Å². The number of allylic oxidation sites excluding steroid dienone is 1. The molecule has 1 aromatic carbocycles. The summed E-state index contributed by atoms with van der Waals surface area (Å²) >= 11 is 0. The van der Waals surface area contributed by atoms with Crippen molar-refractivity contribution >= 4 is 18.0 Å². The van der Waals surface area contributed by atoms with E-state index in [2.05, 4.69) is 20.1 Å². The smallest absolute Gasteiger partial charge is 0.331 e. The maximum absolute atomic E-state index is 10.5. The minimum Gasteiger partial charge on any atom is -0.478 e. The molecule has 0 spiro atoms. The molecule has 1 N–H and O–H groups in total. The molecule has 4 nitrogen and oxygen atoms in total. The van der Waals surface area contributed by atoms with Crippen molar-refractivity contribution in [2.45, 2.75) is 39.0 Å². The minimum atomic E-state index is -0.942. The number of esters is 1. The number of aliphatic carboxylic acids is 1. The quantitative estimate of drug-likeness (QED) is 0.367. The van der Waals surface area contributed by atoms with Crippen LogP contribution in [-0.4, -0.2) is 23.7 Å². The number of unbranched alkanes of at least 4 members (excludes halogenated alkanes) is 3. The summed E-state index contributed by atoms with van der Waals surface area (Å²) in [5, 5.41) is 8.55. The average Bonchev–Trinajstić information content (AvgIpc) is 2.62. The van der Waals surface area contributed by atoms with Crippen LogP contribution in [-0.2, 0) is 14.3 Å². The minimum absolute atomic E-state index is 0.206. The SMILES string of the molecule is C=C(CC=Cc1ccccc1)C(=O)O.C=CC(=O)OCCCCCC. The van der Waals surface area contributed by atoms with Crippen molar-refractivity contribution < 1.29 is 19.4 Å². The highest BCUT2D eigenvalue weighted by Crippen LogP contribution is 2.05. The molecular formula is C21H28O4. The second kappa shape index (κ2) is 14.9. The predicted octanol–water partition coefficient (Wildman–Crippen LogP) is 5.03.